The summed E-state index contributed by atoms with van der Waals surface area (Å²) in [6, 6.07) is 12.7. The lowest BCUT2D eigenvalue weighted by Gasteiger charge is -2.14. The van der Waals surface area contributed by atoms with Crippen LogP contribution in [-0.4, -0.2) is 47.7 Å². The first-order chi connectivity index (χ1) is 15.9. The summed E-state index contributed by atoms with van der Waals surface area (Å²) >= 11 is 0. The van der Waals surface area contributed by atoms with Crippen molar-refractivity contribution in [3.8, 4) is 0 Å². The van der Waals surface area contributed by atoms with E-state index in [0.29, 0.717) is 24.2 Å². The molecule has 0 aliphatic rings. The average molecular weight is 449 g/mol. The second kappa shape index (κ2) is 11.3. The molecule has 0 saturated heterocycles. The maximum atomic E-state index is 13.1. The number of hydrogen-bond acceptors (Lipinski definition) is 5. The van der Waals surface area contributed by atoms with E-state index in [4.69, 9.17) is 0 Å². The number of hydrogen-bond donors (Lipinski definition) is 3. The molecule has 3 rings (SSSR count). The number of likely N-dealkylation sites (N-methyl/N-ethyl adjacent to an activating group) is 1. The second-order valence-electron chi connectivity index (χ2n) is 8.21. The van der Waals surface area contributed by atoms with Crippen LogP contribution < -0.4 is 21.5 Å². The summed E-state index contributed by atoms with van der Waals surface area (Å²) < 4.78 is 1.77. The van der Waals surface area contributed by atoms with Crippen LogP contribution in [-0.2, 0) is 13.0 Å². The van der Waals surface area contributed by atoms with Gasteiger partial charge in [0.05, 0.1) is 5.52 Å². The molecular formula is C25H32N6O2. The van der Waals surface area contributed by atoms with Crippen molar-refractivity contribution in [3.05, 3.63) is 76.4 Å². The van der Waals surface area contributed by atoms with Crippen LogP contribution in [0.4, 0.5) is 16.3 Å². The van der Waals surface area contributed by atoms with Gasteiger partial charge in [0.1, 0.15) is 5.82 Å². The maximum absolute atomic E-state index is 13.1. The predicted octanol–water partition coefficient (Wildman–Crippen LogP) is 3.66. The molecule has 1 aromatic carbocycles. The summed E-state index contributed by atoms with van der Waals surface area (Å²) in [4.78, 5) is 31.8. The van der Waals surface area contributed by atoms with Gasteiger partial charge >= 0.3 is 6.03 Å². The molecule has 0 aliphatic carbocycles. The smallest absolute Gasteiger partial charge is 0.323 e. The van der Waals surface area contributed by atoms with Gasteiger partial charge in [-0.05, 0) is 46.1 Å². The Kier molecular flexibility index (Phi) is 8.21. The standard InChI is InChI=1S/C25H32N6O2/c1-5-31-22-15-23(26-11-12-30(3)4)27-17-20(22)14-19(24(31)32)13-18(2)16-28-25(33)29-21-9-7-6-8-10-21/h6-10,14-17H,5,11-13H2,1-4H3,(H,26,27)(H2,28,29,33)/b18-16+. The summed E-state index contributed by atoms with van der Waals surface area (Å²) in [6.07, 6.45) is 3.87. The SMILES string of the molecule is CCn1c(=O)c(C/C(C)=C/NC(=O)Nc2ccccc2)cc2cnc(NCCN(C)C)cc21. The van der Waals surface area contributed by atoms with E-state index in [9.17, 15) is 9.59 Å². The lowest BCUT2D eigenvalue weighted by Crippen LogP contribution is -2.26. The molecule has 0 aliphatic heterocycles. The molecule has 0 atom stereocenters. The number of rotatable bonds is 9. The third kappa shape index (κ3) is 6.66. The summed E-state index contributed by atoms with van der Waals surface area (Å²) in [7, 11) is 4.04. The van der Waals surface area contributed by atoms with Crippen LogP contribution in [0, 0.1) is 0 Å². The molecular weight excluding hydrogens is 416 g/mol. The zero-order valence-corrected chi connectivity index (χ0v) is 19.7. The molecule has 0 fully saturated rings. The van der Waals surface area contributed by atoms with Crippen LogP contribution in [0.5, 0.6) is 0 Å². The highest BCUT2D eigenvalue weighted by Crippen LogP contribution is 2.18. The number of pyridine rings is 2. The number of carbonyl (C=O) groups is 1. The van der Waals surface area contributed by atoms with Crippen LogP contribution in [0.3, 0.4) is 0 Å². The van der Waals surface area contributed by atoms with E-state index < -0.39 is 0 Å². The van der Waals surface area contributed by atoms with Gasteiger partial charge in [-0.3, -0.25) is 4.79 Å². The summed E-state index contributed by atoms with van der Waals surface area (Å²) in [5, 5.41) is 9.71. The summed E-state index contributed by atoms with van der Waals surface area (Å²) in [5.41, 5.74) is 3.07. The third-order valence-electron chi connectivity index (χ3n) is 5.18. The molecule has 33 heavy (non-hydrogen) atoms. The zero-order chi connectivity index (χ0) is 23.8. The van der Waals surface area contributed by atoms with Gasteiger partial charge in [0.25, 0.3) is 5.56 Å². The highest BCUT2D eigenvalue weighted by molar-refractivity contribution is 5.89. The van der Waals surface area contributed by atoms with Gasteiger partial charge in [0.2, 0.25) is 0 Å². The Morgan fingerprint density at radius 1 is 1.18 bits per heavy atom. The molecule has 0 bridgehead atoms. The molecule has 8 heteroatoms. The zero-order valence-electron chi connectivity index (χ0n) is 19.7. The minimum absolute atomic E-state index is 0.0306. The maximum Gasteiger partial charge on any atom is 0.323 e. The Labute approximate surface area is 194 Å². The Balaban J connectivity index is 1.74. The van der Waals surface area contributed by atoms with Crippen molar-refractivity contribution < 1.29 is 4.79 Å². The minimum atomic E-state index is -0.330. The van der Waals surface area contributed by atoms with Crippen molar-refractivity contribution in [2.75, 3.05) is 37.8 Å². The molecule has 0 unspecified atom stereocenters. The van der Waals surface area contributed by atoms with Crippen LogP contribution >= 0.6 is 0 Å². The van der Waals surface area contributed by atoms with E-state index in [2.05, 4.69) is 25.8 Å². The number of fused-ring (bicyclic) bond motifs is 1. The van der Waals surface area contributed by atoms with E-state index in [0.717, 1.165) is 35.4 Å². The molecule has 174 valence electrons. The summed E-state index contributed by atoms with van der Waals surface area (Å²) in [6.45, 7) is 6.07. The number of anilines is 2. The number of para-hydroxylation sites is 1. The molecule has 2 amide bonds. The monoisotopic (exact) mass is 448 g/mol. The van der Waals surface area contributed by atoms with Crippen molar-refractivity contribution in [1.29, 1.82) is 0 Å². The number of benzene rings is 1. The topological polar surface area (TPSA) is 91.3 Å². The Bertz CT molecular complexity index is 1180. The van der Waals surface area contributed by atoms with E-state index in [1.807, 2.05) is 70.4 Å². The number of aromatic nitrogens is 2. The van der Waals surface area contributed by atoms with Gasteiger partial charge in [-0.25, -0.2) is 9.78 Å². The van der Waals surface area contributed by atoms with E-state index in [-0.39, 0.29) is 11.6 Å². The largest absolute Gasteiger partial charge is 0.369 e. The lowest BCUT2D eigenvalue weighted by molar-refractivity contribution is 0.255. The molecule has 3 aromatic rings. The number of nitrogens with one attached hydrogen (secondary N) is 3. The number of amides is 2. The fourth-order valence-electron chi connectivity index (χ4n) is 3.51. The first-order valence-electron chi connectivity index (χ1n) is 11.1. The second-order valence-corrected chi connectivity index (χ2v) is 8.21. The third-order valence-corrected chi connectivity index (χ3v) is 5.18. The molecule has 0 radical (unpaired) electrons. The number of urea groups is 1. The molecule has 8 nitrogen and oxygen atoms in total. The minimum Gasteiger partial charge on any atom is -0.369 e. The van der Waals surface area contributed by atoms with Crippen molar-refractivity contribution in [3.63, 3.8) is 0 Å². The van der Waals surface area contributed by atoms with Crippen molar-refractivity contribution >= 4 is 28.4 Å². The van der Waals surface area contributed by atoms with E-state index in [1.54, 1.807) is 17.0 Å². The first kappa shape index (κ1) is 24.0. The summed E-state index contributed by atoms with van der Waals surface area (Å²) in [5.74, 6) is 0.753. The Hall–Kier alpha value is -3.65. The van der Waals surface area contributed by atoms with Crippen LogP contribution in [0.25, 0.3) is 10.9 Å². The van der Waals surface area contributed by atoms with Gasteiger partial charge in [0, 0.05) is 61.2 Å². The molecule has 3 N–H and O–H groups in total. The highest BCUT2D eigenvalue weighted by atomic mass is 16.2. The number of allylic oxidation sites excluding steroid dienone is 1. The van der Waals surface area contributed by atoms with Crippen molar-refractivity contribution in [2.45, 2.75) is 26.8 Å². The average Bonchev–Trinajstić information content (AvgIpc) is 2.79. The van der Waals surface area contributed by atoms with Crippen molar-refractivity contribution in [2.24, 2.45) is 0 Å². The first-order valence-corrected chi connectivity index (χ1v) is 11.1. The van der Waals surface area contributed by atoms with Crippen LogP contribution in [0.2, 0.25) is 0 Å². The van der Waals surface area contributed by atoms with Gasteiger partial charge in [-0.15, -0.1) is 0 Å². The normalized spacial score (nSPS) is 11.6. The molecule has 2 heterocycles. The predicted molar refractivity (Wildman–Crippen MR) is 135 cm³/mol. The van der Waals surface area contributed by atoms with Gasteiger partial charge in [-0.1, -0.05) is 23.8 Å². The molecule has 2 aromatic heterocycles. The van der Waals surface area contributed by atoms with Gasteiger partial charge in [0.15, 0.2) is 0 Å². The number of aryl methyl sites for hydroxylation is 1. The number of carbonyl (C=O) groups excluding carboxylic acids is 1. The number of nitrogens with zero attached hydrogens (tertiary/aromatic N) is 3. The molecule has 0 spiro atoms. The Morgan fingerprint density at radius 3 is 2.64 bits per heavy atom. The fraction of sp³-hybridized carbons (Fsp3) is 0.320. The lowest BCUT2D eigenvalue weighted by atomic mass is 10.1. The Morgan fingerprint density at radius 2 is 1.94 bits per heavy atom. The quantitative estimate of drug-likeness (QED) is 0.465. The van der Waals surface area contributed by atoms with Gasteiger partial charge < -0.3 is 25.4 Å². The van der Waals surface area contributed by atoms with Gasteiger partial charge in [-0.2, -0.15) is 0 Å². The van der Waals surface area contributed by atoms with E-state index >= 15 is 0 Å². The highest BCUT2D eigenvalue weighted by Gasteiger charge is 2.11. The van der Waals surface area contributed by atoms with Crippen LogP contribution in [0.1, 0.15) is 19.4 Å². The fourth-order valence-corrected chi connectivity index (χ4v) is 3.51. The van der Waals surface area contributed by atoms with E-state index in [1.165, 1.54) is 0 Å². The molecule has 0 saturated carbocycles. The van der Waals surface area contributed by atoms with Crippen LogP contribution in [0.15, 0.2) is 65.2 Å². The van der Waals surface area contributed by atoms with Crippen molar-refractivity contribution in [1.82, 2.24) is 19.8 Å².